The number of nitrogens with zero attached hydrogens (tertiary/aromatic N) is 1. The Hall–Kier alpha value is -2.25. The van der Waals surface area contributed by atoms with E-state index in [0.29, 0.717) is 37.5 Å². The van der Waals surface area contributed by atoms with E-state index in [9.17, 15) is 15.0 Å². The van der Waals surface area contributed by atoms with Crippen LogP contribution in [0, 0.1) is 0 Å². The molecule has 1 aliphatic carbocycles. The van der Waals surface area contributed by atoms with Crippen LogP contribution < -0.4 is 9.47 Å². The van der Waals surface area contributed by atoms with Crippen LogP contribution in [-0.2, 0) is 16.8 Å². The molecule has 0 spiro atoms. The SMILES string of the molecule is CCOC(=O)N(C)CC[C@@]12C=C[C@H](O)C[C@@H]1Oc1c(OC)ccc(CO)c12. The Morgan fingerprint density at radius 1 is 1.44 bits per heavy atom. The molecule has 0 saturated carbocycles. The summed E-state index contributed by atoms with van der Waals surface area (Å²) < 4.78 is 16.7. The van der Waals surface area contributed by atoms with Crippen molar-refractivity contribution < 1.29 is 29.2 Å². The first kappa shape index (κ1) is 19.5. The predicted molar refractivity (Wildman–Crippen MR) is 99.0 cm³/mol. The Labute approximate surface area is 159 Å². The van der Waals surface area contributed by atoms with Crippen LogP contribution in [0.4, 0.5) is 4.79 Å². The van der Waals surface area contributed by atoms with Crippen molar-refractivity contribution in [2.75, 3.05) is 27.3 Å². The van der Waals surface area contributed by atoms with Gasteiger partial charge in [0.2, 0.25) is 0 Å². The van der Waals surface area contributed by atoms with Crippen molar-refractivity contribution in [1.82, 2.24) is 4.90 Å². The quantitative estimate of drug-likeness (QED) is 0.737. The third-order valence-electron chi connectivity index (χ3n) is 5.41. The minimum atomic E-state index is -0.594. The van der Waals surface area contributed by atoms with Crippen molar-refractivity contribution in [3.63, 3.8) is 0 Å². The topological polar surface area (TPSA) is 88.5 Å². The first-order valence-corrected chi connectivity index (χ1v) is 9.20. The van der Waals surface area contributed by atoms with E-state index >= 15 is 0 Å². The summed E-state index contributed by atoms with van der Waals surface area (Å²) in [4.78, 5) is 13.5. The Balaban J connectivity index is 2.00. The highest BCUT2D eigenvalue weighted by Gasteiger charge is 2.51. The van der Waals surface area contributed by atoms with E-state index in [1.165, 1.54) is 4.90 Å². The summed E-state index contributed by atoms with van der Waals surface area (Å²) in [5, 5.41) is 20.0. The van der Waals surface area contributed by atoms with Crippen LogP contribution in [0.15, 0.2) is 24.3 Å². The molecule has 1 aromatic rings. The predicted octanol–water partition coefficient (Wildman–Crippen LogP) is 1.99. The number of amides is 1. The standard InChI is InChI=1S/C20H27NO6/c1-4-26-19(24)21(2)10-9-20-8-7-14(23)11-16(20)27-18-15(25-3)6-5-13(12-22)17(18)20/h5-8,14,16,22-23H,4,9-12H2,1-3H3/t14-,16-,20-/m0/s1. The molecule has 1 amide bonds. The minimum absolute atomic E-state index is 0.131. The zero-order chi connectivity index (χ0) is 19.6. The van der Waals surface area contributed by atoms with Gasteiger partial charge in [-0.15, -0.1) is 0 Å². The molecule has 7 heteroatoms. The fourth-order valence-electron chi connectivity index (χ4n) is 4.01. The highest BCUT2D eigenvalue weighted by Crippen LogP contribution is 2.54. The molecule has 0 unspecified atom stereocenters. The van der Waals surface area contributed by atoms with Gasteiger partial charge in [-0.05, 0) is 25.0 Å². The maximum Gasteiger partial charge on any atom is 0.409 e. The van der Waals surface area contributed by atoms with Crippen LogP contribution in [0.2, 0.25) is 0 Å². The van der Waals surface area contributed by atoms with E-state index in [2.05, 4.69) is 0 Å². The monoisotopic (exact) mass is 377 g/mol. The van der Waals surface area contributed by atoms with Crippen LogP contribution in [0.5, 0.6) is 11.5 Å². The third-order valence-corrected chi connectivity index (χ3v) is 5.41. The van der Waals surface area contributed by atoms with Gasteiger partial charge >= 0.3 is 6.09 Å². The van der Waals surface area contributed by atoms with Crippen LogP contribution in [0.3, 0.4) is 0 Å². The van der Waals surface area contributed by atoms with Crippen LogP contribution in [0.1, 0.15) is 30.9 Å². The number of hydrogen-bond donors (Lipinski definition) is 2. The van der Waals surface area contributed by atoms with Crippen LogP contribution in [-0.4, -0.2) is 60.7 Å². The van der Waals surface area contributed by atoms with Gasteiger partial charge in [0.25, 0.3) is 0 Å². The first-order valence-electron chi connectivity index (χ1n) is 9.20. The van der Waals surface area contributed by atoms with Crippen molar-refractivity contribution in [3.8, 4) is 11.5 Å². The lowest BCUT2D eigenvalue weighted by atomic mass is 9.68. The molecule has 1 aliphatic heterocycles. The largest absolute Gasteiger partial charge is 0.493 e. The molecule has 0 saturated heterocycles. The number of hydrogen-bond acceptors (Lipinski definition) is 6. The molecule has 148 valence electrons. The molecular formula is C20H27NO6. The molecule has 1 heterocycles. The maximum absolute atomic E-state index is 12.0. The zero-order valence-electron chi connectivity index (χ0n) is 16.0. The van der Waals surface area contributed by atoms with E-state index in [1.807, 2.05) is 12.1 Å². The number of ether oxygens (including phenoxy) is 3. The Bertz CT molecular complexity index is 733. The summed E-state index contributed by atoms with van der Waals surface area (Å²) in [5.74, 6) is 1.20. The number of aliphatic hydroxyl groups is 2. The number of methoxy groups -OCH3 is 1. The molecule has 1 aromatic carbocycles. The lowest BCUT2D eigenvalue weighted by molar-refractivity contribution is 0.0767. The lowest BCUT2D eigenvalue weighted by Gasteiger charge is -2.37. The fourth-order valence-corrected chi connectivity index (χ4v) is 4.01. The molecule has 0 aromatic heterocycles. The number of carbonyl (C=O) groups is 1. The summed E-state index contributed by atoms with van der Waals surface area (Å²) in [6, 6.07) is 3.61. The molecule has 2 N–H and O–H groups in total. The number of carbonyl (C=O) groups excluding carboxylic acids is 1. The molecule has 7 nitrogen and oxygen atoms in total. The highest BCUT2D eigenvalue weighted by atomic mass is 16.6. The second-order valence-corrected chi connectivity index (χ2v) is 6.97. The van der Waals surface area contributed by atoms with Gasteiger partial charge in [-0.3, -0.25) is 0 Å². The molecule has 2 aliphatic rings. The normalized spacial score (nSPS) is 25.4. The maximum atomic E-state index is 12.0. The van der Waals surface area contributed by atoms with Crippen molar-refractivity contribution in [2.45, 2.75) is 44.0 Å². The van der Waals surface area contributed by atoms with Gasteiger partial charge in [-0.1, -0.05) is 18.2 Å². The lowest BCUT2D eigenvalue weighted by Crippen LogP contribution is -2.44. The zero-order valence-corrected chi connectivity index (χ0v) is 16.0. The van der Waals surface area contributed by atoms with Gasteiger partial charge in [-0.25, -0.2) is 4.79 Å². The minimum Gasteiger partial charge on any atom is -0.493 e. The number of aliphatic hydroxyl groups excluding tert-OH is 2. The van der Waals surface area contributed by atoms with E-state index in [4.69, 9.17) is 14.2 Å². The molecule has 27 heavy (non-hydrogen) atoms. The van der Waals surface area contributed by atoms with Crippen molar-refractivity contribution >= 4 is 6.09 Å². The smallest absolute Gasteiger partial charge is 0.409 e. The number of benzene rings is 1. The average molecular weight is 377 g/mol. The second kappa shape index (κ2) is 7.78. The third kappa shape index (κ3) is 3.37. The van der Waals surface area contributed by atoms with Crippen molar-refractivity contribution in [2.24, 2.45) is 0 Å². The Kier molecular flexibility index (Phi) is 5.62. The highest BCUT2D eigenvalue weighted by molar-refractivity contribution is 5.67. The summed E-state index contributed by atoms with van der Waals surface area (Å²) in [5.41, 5.74) is 1.07. The number of rotatable bonds is 6. The fraction of sp³-hybridized carbons (Fsp3) is 0.550. The van der Waals surface area contributed by atoms with Gasteiger partial charge < -0.3 is 29.3 Å². The van der Waals surface area contributed by atoms with Gasteiger partial charge in [0.1, 0.15) is 6.10 Å². The molecule has 0 radical (unpaired) electrons. The molecule has 3 rings (SSSR count). The van der Waals surface area contributed by atoms with Gasteiger partial charge in [0, 0.05) is 25.6 Å². The van der Waals surface area contributed by atoms with Crippen LogP contribution >= 0.6 is 0 Å². The summed E-state index contributed by atoms with van der Waals surface area (Å²) in [6.07, 6.45) is 3.45. The van der Waals surface area contributed by atoms with Gasteiger partial charge in [0.15, 0.2) is 11.5 Å². The van der Waals surface area contributed by atoms with E-state index < -0.39 is 11.5 Å². The van der Waals surface area contributed by atoms with E-state index in [0.717, 1.165) is 11.1 Å². The van der Waals surface area contributed by atoms with Crippen molar-refractivity contribution in [3.05, 3.63) is 35.4 Å². The average Bonchev–Trinajstić information content (AvgIpc) is 3.00. The number of fused-ring (bicyclic) bond motifs is 3. The molecule has 0 bridgehead atoms. The summed E-state index contributed by atoms with van der Waals surface area (Å²) in [6.45, 7) is 2.41. The van der Waals surface area contributed by atoms with Crippen molar-refractivity contribution in [1.29, 1.82) is 0 Å². The molecule has 0 fully saturated rings. The van der Waals surface area contributed by atoms with Crippen LogP contribution in [0.25, 0.3) is 0 Å². The Morgan fingerprint density at radius 2 is 2.22 bits per heavy atom. The molecule has 3 atom stereocenters. The molecular weight excluding hydrogens is 350 g/mol. The summed E-state index contributed by atoms with van der Waals surface area (Å²) >= 11 is 0. The summed E-state index contributed by atoms with van der Waals surface area (Å²) in [7, 11) is 3.27. The van der Waals surface area contributed by atoms with E-state index in [1.54, 1.807) is 33.2 Å². The van der Waals surface area contributed by atoms with Gasteiger partial charge in [0.05, 0.1) is 31.8 Å². The second-order valence-electron chi connectivity index (χ2n) is 6.97. The first-order chi connectivity index (χ1) is 13.0. The van der Waals surface area contributed by atoms with E-state index in [-0.39, 0.29) is 18.8 Å². The van der Waals surface area contributed by atoms with Gasteiger partial charge in [-0.2, -0.15) is 0 Å². The Morgan fingerprint density at radius 3 is 2.89 bits per heavy atom.